The van der Waals surface area contributed by atoms with Crippen molar-refractivity contribution in [2.24, 2.45) is 5.10 Å². The first-order chi connectivity index (χ1) is 12.5. The first-order valence-corrected chi connectivity index (χ1v) is 7.68. The summed E-state index contributed by atoms with van der Waals surface area (Å²) in [6, 6.07) is 12.7. The van der Waals surface area contributed by atoms with E-state index in [4.69, 9.17) is 0 Å². The zero-order valence-electron chi connectivity index (χ0n) is 13.8. The van der Waals surface area contributed by atoms with Crippen molar-refractivity contribution in [3.8, 4) is 17.1 Å². The van der Waals surface area contributed by atoms with Crippen molar-refractivity contribution in [2.45, 2.75) is 13.5 Å². The number of rotatable bonds is 5. The predicted molar refractivity (Wildman–Crippen MR) is 91.7 cm³/mol. The zero-order chi connectivity index (χ0) is 18.5. The van der Waals surface area contributed by atoms with Crippen LogP contribution in [0, 0.1) is 5.82 Å². The lowest BCUT2D eigenvalue weighted by molar-refractivity contribution is -0.122. The normalized spacial score (nSPS) is 11.4. The third kappa shape index (κ3) is 4.07. The number of halogens is 1. The summed E-state index contributed by atoms with van der Waals surface area (Å²) in [5.41, 5.74) is 3.55. The minimum absolute atomic E-state index is 0.132. The van der Waals surface area contributed by atoms with Gasteiger partial charge in [-0.05, 0) is 30.3 Å². The van der Waals surface area contributed by atoms with Crippen molar-refractivity contribution in [2.75, 3.05) is 0 Å². The van der Waals surface area contributed by atoms with Gasteiger partial charge in [0.1, 0.15) is 18.1 Å². The smallest absolute Gasteiger partial charge is 0.263 e. The lowest BCUT2D eigenvalue weighted by atomic mass is 10.1. The molecule has 9 heteroatoms. The van der Waals surface area contributed by atoms with E-state index in [9.17, 15) is 14.3 Å². The van der Waals surface area contributed by atoms with Crippen LogP contribution >= 0.6 is 0 Å². The van der Waals surface area contributed by atoms with Gasteiger partial charge in [0.05, 0.1) is 5.71 Å². The highest BCUT2D eigenvalue weighted by atomic mass is 19.1. The highest BCUT2D eigenvalue weighted by Crippen LogP contribution is 2.18. The van der Waals surface area contributed by atoms with E-state index in [0.717, 1.165) is 22.5 Å². The van der Waals surface area contributed by atoms with Gasteiger partial charge >= 0.3 is 0 Å². The largest absolute Gasteiger partial charge is 0.507 e. The molecule has 3 aromatic rings. The molecule has 3 rings (SSSR count). The Bertz CT molecular complexity index is 955. The summed E-state index contributed by atoms with van der Waals surface area (Å²) >= 11 is 0. The van der Waals surface area contributed by atoms with Crippen molar-refractivity contribution >= 4 is 11.6 Å². The topological polar surface area (TPSA) is 105 Å². The molecule has 1 aromatic heterocycles. The number of hydrogen-bond donors (Lipinski definition) is 2. The monoisotopic (exact) mass is 354 g/mol. The molecular formula is C17H15FN6O2. The van der Waals surface area contributed by atoms with Crippen molar-refractivity contribution in [1.29, 1.82) is 0 Å². The number of phenolic OH excluding ortho intramolecular Hbond substituents is 1. The molecule has 1 amide bonds. The van der Waals surface area contributed by atoms with Gasteiger partial charge in [-0.2, -0.15) is 9.90 Å². The van der Waals surface area contributed by atoms with Crippen LogP contribution in [0.5, 0.6) is 5.75 Å². The summed E-state index contributed by atoms with van der Waals surface area (Å²) < 4.78 is 13.3. The Labute approximate surface area is 148 Å². The molecule has 0 saturated heterocycles. The molecule has 1 heterocycles. The van der Waals surface area contributed by atoms with Gasteiger partial charge in [-0.15, -0.1) is 10.2 Å². The summed E-state index contributed by atoms with van der Waals surface area (Å²) in [6.07, 6.45) is 0. The van der Waals surface area contributed by atoms with Crippen molar-refractivity contribution in [1.82, 2.24) is 25.6 Å². The van der Waals surface area contributed by atoms with Crippen LogP contribution < -0.4 is 5.43 Å². The Balaban J connectivity index is 1.64. The highest BCUT2D eigenvalue weighted by Gasteiger charge is 2.10. The molecule has 0 bridgehead atoms. The molecule has 0 fully saturated rings. The molecule has 0 saturated carbocycles. The average molecular weight is 354 g/mol. The van der Waals surface area contributed by atoms with Gasteiger partial charge in [-0.1, -0.05) is 30.3 Å². The second-order valence-corrected chi connectivity index (χ2v) is 5.40. The Morgan fingerprint density at radius 2 is 2.04 bits per heavy atom. The number of carbonyl (C=O) groups excluding carboxylic acids is 1. The van der Waals surface area contributed by atoms with E-state index in [1.165, 1.54) is 13.0 Å². The number of phenols is 1. The van der Waals surface area contributed by atoms with E-state index in [1.54, 1.807) is 0 Å². The van der Waals surface area contributed by atoms with Gasteiger partial charge in [0.2, 0.25) is 5.82 Å². The number of nitrogens with zero attached hydrogens (tertiary/aromatic N) is 5. The lowest BCUT2D eigenvalue weighted by Crippen LogP contribution is -2.25. The molecule has 0 unspecified atom stereocenters. The predicted octanol–water partition coefficient (Wildman–Crippen LogP) is 1.73. The minimum atomic E-state index is -0.515. The van der Waals surface area contributed by atoms with Gasteiger partial charge in [-0.25, -0.2) is 9.82 Å². The van der Waals surface area contributed by atoms with E-state index in [2.05, 4.69) is 25.9 Å². The Kier molecular flexibility index (Phi) is 4.97. The molecule has 8 nitrogen and oxygen atoms in total. The van der Waals surface area contributed by atoms with E-state index in [0.29, 0.717) is 5.82 Å². The number of aromatic hydroxyl groups is 1. The van der Waals surface area contributed by atoms with Gasteiger partial charge < -0.3 is 5.11 Å². The quantitative estimate of drug-likeness (QED) is 0.536. The van der Waals surface area contributed by atoms with Crippen LogP contribution in [-0.2, 0) is 11.3 Å². The number of benzene rings is 2. The fourth-order valence-corrected chi connectivity index (χ4v) is 2.18. The third-order valence-corrected chi connectivity index (χ3v) is 3.47. The first kappa shape index (κ1) is 17.2. The summed E-state index contributed by atoms with van der Waals surface area (Å²) in [4.78, 5) is 13.1. The number of amides is 1. The number of aromatic nitrogens is 4. The molecular weight excluding hydrogens is 339 g/mol. The molecule has 0 radical (unpaired) electrons. The van der Waals surface area contributed by atoms with Gasteiger partial charge in [0.25, 0.3) is 5.91 Å². The maximum absolute atomic E-state index is 13.3. The summed E-state index contributed by atoms with van der Waals surface area (Å²) in [5, 5.41) is 25.4. The first-order valence-electron chi connectivity index (χ1n) is 7.68. The van der Waals surface area contributed by atoms with Crippen molar-refractivity contribution in [3.05, 3.63) is 59.9 Å². The second-order valence-electron chi connectivity index (χ2n) is 5.40. The maximum Gasteiger partial charge on any atom is 0.263 e. The molecule has 0 aliphatic heterocycles. The maximum atomic E-state index is 13.3. The molecule has 2 N–H and O–H groups in total. The number of nitrogens with one attached hydrogen (secondary N) is 1. The van der Waals surface area contributed by atoms with Crippen LogP contribution in [0.4, 0.5) is 4.39 Å². The van der Waals surface area contributed by atoms with E-state index in [-0.39, 0.29) is 23.6 Å². The molecule has 0 spiro atoms. The SMILES string of the molecule is C/C(=N\NC(=O)Cn1nnc(-c2ccccc2)n1)c1cc(F)ccc1O. The van der Waals surface area contributed by atoms with Crippen LogP contribution in [0.2, 0.25) is 0 Å². The van der Waals surface area contributed by atoms with E-state index >= 15 is 0 Å². The Morgan fingerprint density at radius 3 is 2.81 bits per heavy atom. The van der Waals surface area contributed by atoms with Gasteiger partial charge in [0.15, 0.2) is 0 Å². The van der Waals surface area contributed by atoms with Crippen LogP contribution in [0.25, 0.3) is 11.4 Å². The van der Waals surface area contributed by atoms with Crippen molar-refractivity contribution in [3.63, 3.8) is 0 Å². The fourth-order valence-electron chi connectivity index (χ4n) is 2.18. The van der Waals surface area contributed by atoms with Gasteiger partial charge in [-0.3, -0.25) is 4.79 Å². The summed E-state index contributed by atoms with van der Waals surface area (Å²) in [5.74, 6) is -0.730. The van der Waals surface area contributed by atoms with Crippen LogP contribution in [0.1, 0.15) is 12.5 Å². The van der Waals surface area contributed by atoms with E-state index in [1.807, 2.05) is 30.3 Å². The average Bonchev–Trinajstić information content (AvgIpc) is 3.11. The lowest BCUT2D eigenvalue weighted by Gasteiger charge is -2.05. The Morgan fingerprint density at radius 1 is 1.27 bits per heavy atom. The third-order valence-electron chi connectivity index (χ3n) is 3.47. The fraction of sp³-hybridized carbons (Fsp3) is 0.118. The molecule has 0 atom stereocenters. The second kappa shape index (κ2) is 7.51. The van der Waals surface area contributed by atoms with Crippen molar-refractivity contribution < 1.29 is 14.3 Å². The number of tetrazole rings is 1. The molecule has 132 valence electrons. The highest BCUT2D eigenvalue weighted by molar-refractivity contribution is 6.01. The summed E-state index contributed by atoms with van der Waals surface area (Å²) in [6.45, 7) is 1.35. The standard InChI is InChI=1S/C17H15FN6O2/c1-11(14-9-13(18)7-8-15(14)25)19-20-16(26)10-24-22-17(21-23-24)12-5-3-2-4-6-12/h2-9,25H,10H2,1H3,(H,20,26)/b19-11+. The van der Waals surface area contributed by atoms with Gasteiger partial charge in [0, 0.05) is 11.1 Å². The minimum Gasteiger partial charge on any atom is -0.507 e. The number of hydrogen-bond acceptors (Lipinski definition) is 6. The molecule has 2 aromatic carbocycles. The van der Waals surface area contributed by atoms with E-state index < -0.39 is 11.7 Å². The van der Waals surface area contributed by atoms with Crippen LogP contribution in [0.15, 0.2) is 53.6 Å². The van der Waals surface area contributed by atoms with Crippen LogP contribution in [-0.4, -0.2) is 36.9 Å². The summed E-state index contributed by atoms with van der Waals surface area (Å²) in [7, 11) is 0. The number of hydrazone groups is 1. The zero-order valence-corrected chi connectivity index (χ0v) is 13.8. The Hall–Kier alpha value is -3.62. The molecule has 0 aliphatic carbocycles. The van der Waals surface area contributed by atoms with Crippen LogP contribution in [0.3, 0.4) is 0 Å². The number of carbonyl (C=O) groups is 1. The molecule has 0 aliphatic rings. The molecule has 26 heavy (non-hydrogen) atoms.